The Morgan fingerprint density at radius 3 is 2.70 bits per heavy atom. The van der Waals surface area contributed by atoms with Gasteiger partial charge in [-0.1, -0.05) is 0 Å². The zero-order valence-corrected chi connectivity index (χ0v) is 11.1. The fourth-order valence-electron chi connectivity index (χ4n) is 1.70. The second kappa shape index (κ2) is 5.04. The Balaban J connectivity index is 2.11. The topological polar surface area (TPSA) is 81.4 Å². The first-order chi connectivity index (χ1) is 9.76. The highest BCUT2D eigenvalue weighted by Crippen LogP contribution is 2.16. The lowest BCUT2D eigenvalue weighted by atomic mass is 10.2. The summed E-state index contributed by atoms with van der Waals surface area (Å²) in [4.78, 5) is 21.4. The summed E-state index contributed by atoms with van der Waals surface area (Å²) in [7, 11) is 1.77. The van der Waals surface area contributed by atoms with Crippen LogP contribution in [-0.4, -0.2) is 36.5 Å². The maximum Gasteiger partial charge on any atom is 0.240 e. The molecule has 1 N–H and O–H groups in total. The van der Waals surface area contributed by atoms with Gasteiger partial charge in [-0.2, -0.15) is 15.0 Å². The van der Waals surface area contributed by atoms with Crippen LogP contribution in [0.3, 0.4) is 0 Å². The van der Waals surface area contributed by atoms with Crippen molar-refractivity contribution in [3.8, 4) is 17.3 Å². The normalized spacial score (nSPS) is 10.5. The molecule has 0 aliphatic carbocycles. The van der Waals surface area contributed by atoms with Crippen molar-refractivity contribution in [1.29, 1.82) is 0 Å². The van der Waals surface area contributed by atoms with Gasteiger partial charge in [0.15, 0.2) is 5.82 Å². The van der Waals surface area contributed by atoms with Gasteiger partial charge in [0.25, 0.3) is 0 Å². The van der Waals surface area contributed by atoms with Crippen LogP contribution in [0.2, 0.25) is 0 Å². The molecule has 20 heavy (non-hydrogen) atoms. The van der Waals surface area contributed by atoms with E-state index in [1.807, 2.05) is 19.1 Å². The average molecular weight is 267 g/mol. The monoisotopic (exact) mass is 267 g/mol. The Labute approximate surface area is 115 Å². The zero-order valence-electron chi connectivity index (χ0n) is 11.1. The molecule has 3 aromatic heterocycles. The maximum absolute atomic E-state index is 4.44. The Hall–Kier alpha value is -2.83. The summed E-state index contributed by atoms with van der Waals surface area (Å²) in [5, 5.41) is 2.93. The molecule has 0 unspecified atom stereocenters. The van der Waals surface area contributed by atoms with Gasteiger partial charge in [-0.15, -0.1) is 0 Å². The standard InChI is InChI=1S/C13H13N7/c1-9-3-4-10(7-16-9)11-17-12(14-2)19-13(18-11)20-6-5-15-8-20/h3-8H,1-2H3,(H,14,17,18,19). The summed E-state index contributed by atoms with van der Waals surface area (Å²) in [6, 6.07) is 3.86. The van der Waals surface area contributed by atoms with Crippen LogP contribution in [0.15, 0.2) is 37.1 Å². The predicted octanol–water partition coefficient (Wildman–Crippen LogP) is 1.47. The molecule has 0 aromatic carbocycles. The Bertz CT molecular complexity index is 704. The lowest BCUT2D eigenvalue weighted by Gasteiger charge is -2.07. The third-order valence-electron chi connectivity index (χ3n) is 2.75. The highest BCUT2D eigenvalue weighted by Gasteiger charge is 2.09. The van der Waals surface area contributed by atoms with Crippen LogP contribution < -0.4 is 5.32 Å². The van der Waals surface area contributed by atoms with Gasteiger partial charge in [0.2, 0.25) is 11.9 Å². The number of imidazole rings is 1. The van der Waals surface area contributed by atoms with Gasteiger partial charge in [-0.3, -0.25) is 9.55 Å². The number of anilines is 1. The summed E-state index contributed by atoms with van der Waals surface area (Å²) in [5.41, 5.74) is 1.79. The van der Waals surface area contributed by atoms with Crippen LogP contribution in [0.4, 0.5) is 5.95 Å². The quantitative estimate of drug-likeness (QED) is 0.774. The first-order valence-corrected chi connectivity index (χ1v) is 6.11. The van der Waals surface area contributed by atoms with Crippen molar-refractivity contribution in [2.45, 2.75) is 6.92 Å². The molecule has 3 heterocycles. The van der Waals surface area contributed by atoms with E-state index in [0.717, 1.165) is 11.3 Å². The minimum atomic E-state index is 0.499. The zero-order chi connectivity index (χ0) is 13.9. The van der Waals surface area contributed by atoms with Gasteiger partial charge in [-0.05, 0) is 19.1 Å². The largest absolute Gasteiger partial charge is 0.357 e. The van der Waals surface area contributed by atoms with Gasteiger partial charge in [-0.25, -0.2) is 4.98 Å². The summed E-state index contributed by atoms with van der Waals surface area (Å²) < 4.78 is 1.73. The van der Waals surface area contributed by atoms with Crippen LogP contribution in [0.25, 0.3) is 17.3 Å². The number of hydrogen-bond donors (Lipinski definition) is 1. The van der Waals surface area contributed by atoms with E-state index >= 15 is 0 Å². The molecule has 0 atom stereocenters. The molecule has 3 aromatic rings. The first kappa shape index (κ1) is 12.2. The summed E-state index contributed by atoms with van der Waals surface area (Å²) in [6.07, 6.45) is 6.86. The minimum Gasteiger partial charge on any atom is -0.357 e. The van der Waals surface area contributed by atoms with Crippen LogP contribution in [0, 0.1) is 6.92 Å². The molecule has 0 amide bonds. The van der Waals surface area contributed by atoms with Crippen molar-refractivity contribution < 1.29 is 0 Å². The van der Waals surface area contributed by atoms with Crippen molar-refractivity contribution in [2.75, 3.05) is 12.4 Å². The van der Waals surface area contributed by atoms with E-state index in [-0.39, 0.29) is 0 Å². The molecule has 0 radical (unpaired) electrons. The van der Waals surface area contributed by atoms with Crippen LogP contribution in [-0.2, 0) is 0 Å². The van der Waals surface area contributed by atoms with Crippen molar-refractivity contribution in [3.63, 3.8) is 0 Å². The molecule has 100 valence electrons. The van der Waals surface area contributed by atoms with E-state index in [2.05, 4.69) is 30.2 Å². The van der Waals surface area contributed by atoms with E-state index < -0.39 is 0 Å². The molecule has 7 nitrogen and oxygen atoms in total. The fraction of sp³-hybridized carbons (Fsp3) is 0.154. The van der Waals surface area contributed by atoms with Gasteiger partial charge in [0.05, 0.1) is 0 Å². The van der Waals surface area contributed by atoms with Crippen LogP contribution in [0.5, 0.6) is 0 Å². The molecule has 0 aliphatic heterocycles. The minimum absolute atomic E-state index is 0.499. The number of aromatic nitrogens is 6. The smallest absolute Gasteiger partial charge is 0.240 e. The van der Waals surface area contributed by atoms with Crippen molar-refractivity contribution in [3.05, 3.63) is 42.7 Å². The highest BCUT2D eigenvalue weighted by atomic mass is 15.2. The molecular weight excluding hydrogens is 254 g/mol. The number of aryl methyl sites for hydroxylation is 1. The predicted molar refractivity (Wildman–Crippen MR) is 74.5 cm³/mol. The lowest BCUT2D eigenvalue weighted by molar-refractivity contribution is 0.901. The van der Waals surface area contributed by atoms with Crippen LogP contribution in [0.1, 0.15) is 5.69 Å². The second-order valence-electron chi connectivity index (χ2n) is 4.19. The lowest BCUT2D eigenvalue weighted by Crippen LogP contribution is -2.06. The molecule has 3 rings (SSSR count). The van der Waals surface area contributed by atoms with Gasteiger partial charge in [0, 0.05) is 36.9 Å². The fourth-order valence-corrected chi connectivity index (χ4v) is 1.70. The van der Waals surface area contributed by atoms with Crippen molar-refractivity contribution >= 4 is 5.95 Å². The molecule has 7 heteroatoms. The van der Waals surface area contributed by atoms with E-state index in [1.165, 1.54) is 0 Å². The van der Waals surface area contributed by atoms with Gasteiger partial charge in [0.1, 0.15) is 6.33 Å². The molecule has 0 saturated heterocycles. The Morgan fingerprint density at radius 1 is 1.15 bits per heavy atom. The highest BCUT2D eigenvalue weighted by molar-refractivity contribution is 5.55. The molecule has 0 fully saturated rings. The summed E-state index contributed by atoms with van der Waals surface area (Å²) in [6.45, 7) is 1.94. The molecule has 0 aliphatic rings. The molecule has 0 saturated carbocycles. The first-order valence-electron chi connectivity index (χ1n) is 6.11. The van der Waals surface area contributed by atoms with Crippen LogP contribution >= 0.6 is 0 Å². The second-order valence-corrected chi connectivity index (χ2v) is 4.19. The summed E-state index contributed by atoms with van der Waals surface area (Å²) >= 11 is 0. The van der Waals surface area contributed by atoms with E-state index in [4.69, 9.17) is 0 Å². The number of hydrogen-bond acceptors (Lipinski definition) is 6. The summed E-state index contributed by atoms with van der Waals surface area (Å²) in [5.74, 6) is 1.58. The number of rotatable bonds is 3. The maximum atomic E-state index is 4.44. The SMILES string of the molecule is CNc1nc(-c2ccc(C)nc2)nc(-n2ccnc2)n1. The third kappa shape index (κ3) is 2.33. The third-order valence-corrected chi connectivity index (χ3v) is 2.75. The van der Waals surface area contributed by atoms with E-state index in [1.54, 1.807) is 36.5 Å². The molecule has 0 spiro atoms. The van der Waals surface area contributed by atoms with Crippen molar-refractivity contribution in [2.24, 2.45) is 0 Å². The molecule has 0 bridgehead atoms. The van der Waals surface area contributed by atoms with Gasteiger partial charge < -0.3 is 5.32 Å². The van der Waals surface area contributed by atoms with Crippen molar-refractivity contribution in [1.82, 2.24) is 29.5 Å². The number of pyridine rings is 1. The van der Waals surface area contributed by atoms with Gasteiger partial charge >= 0.3 is 0 Å². The van der Waals surface area contributed by atoms with E-state index in [0.29, 0.717) is 17.7 Å². The Morgan fingerprint density at radius 2 is 2.05 bits per heavy atom. The Kier molecular flexibility index (Phi) is 3.08. The number of nitrogens with zero attached hydrogens (tertiary/aromatic N) is 6. The molecular formula is C13H13N7. The van der Waals surface area contributed by atoms with E-state index in [9.17, 15) is 0 Å². The average Bonchev–Trinajstić information content (AvgIpc) is 3.02. The number of nitrogens with one attached hydrogen (secondary N) is 1.